The number of rotatable bonds is 4. The van der Waals surface area contributed by atoms with Crippen LogP contribution in [0, 0.1) is 11.6 Å². The summed E-state index contributed by atoms with van der Waals surface area (Å²) in [7, 11) is 1.45. The molecule has 2 aromatic rings. The van der Waals surface area contributed by atoms with Crippen LogP contribution in [0.4, 0.5) is 8.78 Å². The predicted molar refractivity (Wildman–Crippen MR) is 68.0 cm³/mol. The van der Waals surface area contributed by atoms with E-state index in [4.69, 9.17) is 4.74 Å². The molecule has 100 valence electrons. The summed E-state index contributed by atoms with van der Waals surface area (Å²) < 4.78 is 31.4. The van der Waals surface area contributed by atoms with Crippen molar-refractivity contribution in [3.05, 3.63) is 65.2 Å². The van der Waals surface area contributed by atoms with Crippen LogP contribution in [0.2, 0.25) is 0 Å². The van der Waals surface area contributed by atoms with Crippen molar-refractivity contribution >= 4 is 0 Å². The lowest BCUT2D eigenvalue weighted by Gasteiger charge is -2.15. The van der Waals surface area contributed by atoms with E-state index in [2.05, 4.69) is 0 Å². The zero-order valence-corrected chi connectivity index (χ0v) is 10.4. The van der Waals surface area contributed by atoms with Gasteiger partial charge in [0.1, 0.15) is 17.4 Å². The minimum absolute atomic E-state index is 0.192. The minimum atomic E-state index is -0.951. The van der Waals surface area contributed by atoms with Gasteiger partial charge in [-0.15, -0.1) is 0 Å². The van der Waals surface area contributed by atoms with E-state index in [0.29, 0.717) is 16.9 Å². The van der Waals surface area contributed by atoms with Gasteiger partial charge in [-0.3, -0.25) is 0 Å². The number of benzene rings is 2. The molecule has 2 rings (SSSR count). The summed E-state index contributed by atoms with van der Waals surface area (Å²) in [4.78, 5) is 0. The first kappa shape index (κ1) is 13.5. The van der Waals surface area contributed by atoms with Crippen molar-refractivity contribution in [3.63, 3.8) is 0 Å². The highest BCUT2D eigenvalue weighted by Gasteiger charge is 2.15. The minimum Gasteiger partial charge on any atom is -0.496 e. The van der Waals surface area contributed by atoms with Crippen molar-refractivity contribution in [1.29, 1.82) is 0 Å². The summed E-state index contributed by atoms with van der Waals surface area (Å²) in [5, 5.41) is 10.1. The van der Waals surface area contributed by atoms with Gasteiger partial charge in [0.15, 0.2) is 0 Å². The second kappa shape index (κ2) is 5.80. The molecule has 0 spiro atoms. The van der Waals surface area contributed by atoms with Gasteiger partial charge in [-0.2, -0.15) is 0 Å². The first-order chi connectivity index (χ1) is 9.10. The normalized spacial score (nSPS) is 12.2. The molecule has 0 fully saturated rings. The highest BCUT2D eigenvalue weighted by Crippen LogP contribution is 2.28. The van der Waals surface area contributed by atoms with Gasteiger partial charge >= 0.3 is 0 Å². The van der Waals surface area contributed by atoms with Crippen LogP contribution in [0.1, 0.15) is 17.2 Å². The number of methoxy groups -OCH3 is 1. The van der Waals surface area contributed by atoms with Gasteiger partial charge in [-0.1, -0.05) is 12.1 Å². The number of hydrogen-bond donors (Lipinski definition) is 1. The Morgan fingerprint density at radius 3 is 2.53 bits per heavy atom. The van der Waals surface area contributed by atoms with Crippen LogP contribution in [-0.4, -0.2) is 12.2 Å². The molecule has 1 N–H and O–H groups in total. The molecule has 0 bridgehead atoms. The Hall–Kier alpha value is -1.94. The lowest BCUT2D eigenvalue weighted by atomic mass is 10.0. The quantitative estimate of drug-likeness (QED) is 0.918. The number of halogens is 2. The van der Waals surface area contributed by atoms with Crippen molar-refractivity contribution in [1.82, 2.24) is 0 Å². The maximum absolute atomic E-state index is 13.2. The molecule has 2 aromatic carbocycles. The first-order valence-electron chi connectivity index (χ1n) is 5.86. The number of hydrogen-bond acceptors (Lipinski definition) is 2. The first-order valence-corrected chi connectivity index (χ1v) is 5.86. The molecule has 0 amide bonds. The molecule has 0 radical (unpaired) electrons. The maximum atomic E-state index is 13.2. The molecule has 0 saturated carbocycles. The largest absolute Gasteiger partial charge is 0.496 e. The van der Waals surface area contributed by atoms with Gasteiger partial charge in [0, 0.05) is 12.0 Å². The topological polar surface area (TPSA) is 29.5 Å². The Kier molecular flexibility index (Phi) is 4.12. The fourth-order valence-electron chi connectivity index (χ4n) is 1.96. The summed E-state index contributed by atoms with van der Waals surface area (Å²) in [6, 6.07) is 9.89. The van der Waals surface area contributed by atoms with E-state index in [1.54, 1.807) is 12.1 Å². The third-order valence-corrected chi connectivity index (χ3v) is 2.87. The fourth-order valence-corrected chi connectivity index (χ4v) is 1.96. The zero-order chi connectivity index (χ0) is 13.8. The van der Waals surface area contributed by atoms with Crippen molar-refractivity contribution in [2.24, 2.45) is 0 Å². The van der Waals surface area contributed by atoms with Crippen molar-refractivity contribution in [3.8, 4) is 5.75 Å². The lowest BCUT2D eigenvalue weighted by Crippen LogP contribution is -2.05. The fraction of sp³-hybridized carbons (Fsp3) is 0.200. The van der Waals surface area contributed by atoms with Gasteiger partial charge in [-0.05, 0) is 35.9 Å². The summed E-state index contributed by atoms with van der Waals surface area (Å²) in [6.45, 7) is 0. The van der Waals surface area contributed by atoms with Crippen LogP contribution in [0.25, 0.3) is 0 Å². The summed E-state index contributed by atoms with van der Waals surface area (Å²) in [5.41, 5.74) is 0.991. The van der Waals surface area contributed by atoms with E-state index >= 15 is 0 Å². The van der Waals surface area contributed by atoms with Crippen LogP contribution in [0.15, 0.2) is 42.5 Å². The molecule has 1 unspecified atom stereocenters. The highest BCUT2D eigenvalue weighted by molar-refractivity contribution is 5.36. The van der Waals surface area contributed by atoms with Crippen LogP contribution < -0.4 is 4.74 Å². The van der Waals surface area contributed by atoms with Gasteiger partial charge in [-0.25, -0.2) is 8.78 Å². The van der Waals surface area contributed by atoms with Gasteiger partial charge in [0.05, 0.1) is 13.2 Å². The average molecular weight is 264 g/mol. The van der Waals surface area contributed by atoms with E-state index in [1.165, 1.54) is 37.4 Å². The predicted octanol–water partition coefficient (Wildman–Crippen LogP) is 3.25. The Morgan fingerprint density at radius 1 is 1.11 bits per heavy atom. The maximum Gasteiger partial charge on any atom is 0.124 e. The number of aliphatic hydroxyl groups is 1. The van der Waals surface area contributed by atoms with Crippen LogP contribution in [-0.2, 0) is 6.42 Å². The third kappa shape index (κ3) is 3.29. The highest BCUT2D eigenvalue weighted by atomic mass is 19.1. The smallest absolute Gasteiger partial charge is 0.124 e. The SMILES string of the molecule is COc1ccc(F)cc1C(O)Cc1cccc(F)c1. The average Bonchev–Trinajstić information content (AvgIpc) is 2.38. The van der Waals surface area contributed by atoms with Crippen molar-refractivity contribution < 1.29 is 18.6 Å². The standard InChI is InChI=1S/C15H14F2O2/c1-19-15-6-5-12(17)9-13(15)14(18)8-10-3-2-4-11(16)7-10/h2-7,9,14,18H,8H2,1H3. The van der Waals surface area contributed by atoms with E-state index in [1.807, 2.05) is 0 Å². The van der Waals surface area contributed by atoms with E-state index < -0.39 is 11.9 Å². The molecule has 4 heteroatoms. The molecule has 0 aliphatic rings. The molecule has 0 aliphatic heterocycles. The monoisotopic (exact) mass is 264 g/mol. The van der Waals surface area contributed by atoms with E-state index in [-0.39, 0.29) is 12.2 Å². The number of aliphatic hydroxyl groups excluding tert-OH is 1. The molecule has 0 aromatic heterocycles. The summed E-state index contributed by atoms with van der Waals surface area (Å²) in [5.74, 6) is -0.407. The zero-order valence-electron chi connectivity index (χ0n) is 10.4. The van der Waals surface area contributed by atoms with Crippen molar-refractivity contribution in [2.45, 2.75) is 12.5 Å². The summed E-state index contributed by atoms with van der Waals surface area (Å²) in [6.07, 6.45) is -0.759. The molecule has 19 heavy (non-hydrogen) atoms. The van der Waals surface area contributed by atoms with Crippen LogP contribution in [0.5, 0.6) is 5.75 Å². The van der Waals surface area contributed by atoms with Crippen LogP contribution in [0.3, 0.4) is 0 Å². The molecule has 0 saturated heterocycles. The van der Waals surface area contributed by atoms with Crippen molar-refractivity contribution in [2.75, 3.05) is 7.11 Å². The molecule has 0 aliphatic carbocycles. The number of ether oxygens (including phenoxy) is 1. The van der Waals surface area contributed by atoms with Gasteiger partial charge < -0.3 is 9.84 Å². The summed E-state index contributed by atoms with van der Waals surface area (Å²) >= 11 is 0. The van der Waals surface area contributed by atoms with Crippen LogP contribution >= 0.6 is 0 Å². The van der Waals surface area contributed by atoms with Gasteiger partial charge in [0.25, 0.3) is 0 Å². The Morgan fingerprint density at radius 2 is 1.84 bits per heavy atom. The Labute approximate surface area is 110 Å². The molecular formula is C15H14F2O2. The molecule has 2 nitrogen and oxygen atoms in total. The second-order valence-electron chi connectivity index (χ2n) is 4.24. The molecule has 0 heterocycles. The lowest BCUT2D eigenvalue weighted by molar-refractivity contribution is 0.173. The van der Waals surface area contributed by atoms with E-state index in [9.17, 15) is 13.9 Å². The second-order valence-corrected chi connectivity index (χ2v) is 4.24. The molecular weight excluding hydrogens is 250 g/mol. The van der Waals surface area contributed by atoms with Gasteiger partial charge in [0.2, 0.25) is 0 Å². The Bertz CT molecular complexity index is 570. The van der Waals surface area contributed by atoms with E-state index in [0.717, 1.165) is 0 Å². The third-order valence-electron chi connectivity index (χ3n) is 2.87. The Balaban J connectivity index is 2.24. The molecule has 1 atom stereocenters.